The Kier molecular flexibility index (Phi) is 32.0. The van der Waals surface area contributed by atoms with E-state index in [2.05, 4.69) is 13.8 Å². The number of hydrogen-bond acceptors (Lipinski definition) is 1. The van der Waals surface area contributed by atoms with Crippen molar-refractivity contribution in [2.45, 2.75) is 206 Å². The first-order valence-electron chi connectivity index (χ1n) is 17.0. The van der Waals surface area contributed by atoms with E-state index in [1.165, 1.54) is 186 Å². The predicted octanol–water partition coefficient (Wildman–Crippen LogP) is 12.3. The predicted molar refractivity (Wildman–Crippen MR) is 160 cm³/mol. The van der Waals surface area contributed by atoms with E-state index < -0.39 is 0 Å². The topological polar surface area (TPSA) is 20.2 Å². The van der Waals surface area contributed by atoms with Gasteiger partial charge in [-0.25, -0.2) is 0 Å². The van der Waals surface area contributed by atoms with Crippen LogP contribution in [0.2, 0.25) is 0 Å². The second-order valence-electron chi connectivity index (χ2n) is 11.8. The molecule has 1 nitrogen and oxygen atoms in total. The molecule has 0 spiro atoms. The molecule has 1 unspecified atom stereocenters. The van der Waals surface area contributed by atoms with E-state index in [0.29, 0.717) is 6.61 Å². The van der Waals surface area contributed by atoms with Gasteiger partial charge in [0.05, 0.1) is 0 Å². The van der Waals surface area contributed by atoms with Crippen molar-refractivity contribution in [3.63, 3.8) is 0 Å². The molecule has 1 heteroatoms. The van der Waals surface area contributed by atoms with Crippen LogP contribution in [0.1, 0.15) is 206 Å². The third-order valence-electron chi connectivity index (χ3n) is 8.20. The molecule has 0 aliphatic carbocycles. The fourth-order valence-electron chi connectivity index (χ4n) is 5.70. The molecule has 0 rings (SSSR count). The van der Waals surface area contributed by atoms with Crippen molar-refractivity contribution in [3.8, 4) is 0 Å². The van der Waals surface area contributed by atoms with Crippen LogP contribution in [0.3, 0.4) is 0 Å². The lowest BCUT2D eigenvalue weighted by Crippen LogP contribution is -2.02. The van der Waals surface area contributed by atoms with Gasteiger partial charge < -0.3 is 5.11 Å². The first-order valence-corrected chi connectivity index (χ1v) is 17.0. The highest BCUT2D eigenvalue weighted by atomic mass is 16.2. The summed E-state index contributed by atoms with van der Waals surface area (Å²) in [5.41, 5.74) is 0. The molecule has 1 N–H and O–H groups in total. The van der Waals surface area contributed by atoms with Crippen LogP contribution in [-0.2, 0) is 0 Å². The van der Waals surface area contributed by atoms with Gasteiger partial charge in [0.2, 0.25) is 0 Å². The highest BCUT2D eigenvalue weighted by Crippen LogP contribution is 2.24. The van der Waals surface area contributed by atoms with Gasteiger partial charge in [-0.15, -0.1) is 0 Å². The van der Waals surface area contributed by atoms with Gasteiger partial charge in [0.15, 0.2) is 0 Å². The van der Waals surface area contributed by atoms with Gasteiger partial charge in [-0.3, -0.25) is 0 Å². The second-order valence-corrected chi connectivity index (χ2v) is 11.8. The van der Waals surface area contributed by atoms with E-state index in [0.717, 1.165) is 12.3 Å². The number of aliphatic hydroxyl groups is 1. The summed E-state index contributed by atoms with van der Waals surface area (Å²) in [6.45, 7) is 4.98. The molecule has 0 aromatic heterocycles. The minimum Gasteiger partial charge on any atom is -0.396 e. The number of unbranched alkanes of at least 4 members (excludes halogenated alkanes) is 24. The van der Waals surface area contributed by atoms with Crippen LogP contribution in [-0.4, -0.2) is 11.7 Å². The van der Waals surface area contributed by atoms with Crippen LogP contribution in [0.5, 0.6) is 0 Å². The maximum Gasteiger partial charge on any atom is 0.0431 e. The molecular formula is C34H70O. The lowest BCUT2D eigenvalue weighted by Gasteiger charge is -2.17. The number of hydrogen-bond donors (Lipinski definition) is 1. The molecule has 0 aliphatic rings. The van der Waals surface area contributed by atoms with E-state index in [4.69, 9.17) is 5.11 Å². The molecule has 0 aliphatic heterocycles. The standard InChI is InChI=1S/C34H70O/c1-3-5-7-9-11-13-15-16-17-19-21-23-25-27-31-34(32-28-29-33-35)30-26-24-22-20-18-14-12-10-8-6-4-2/h34-35H,3-33H2,1-2H3. The summed E-state index contributed by atoms with van der Waals surface area (Å²) in [5.74, 6) is 0.928. The van der Waals surface area contributed by atoms with Crippen molar-refractivity contribution in [2.75, 3.05) is 6.61 Å². The number of rotatable bonds is 31. The Balaban J connectivity index is 3.56. The van der Waals surface area contributed by atoms with Crippen LogP contribution in [0.25, 0.3) is 0 Å². The van der Waals surface area contributed by atoms with Crippen molar-refractivity contribution in [1.82, 2.24) is 0 Å². The minimum absolute atomic E-state index is 0.379. The molecule has 35 heavy (non-hydrogen) atoms. The smallest absolute Gasteiger partial charge is 0.0431 e. The van der Waals surface area contributed by atoms with Crippen molar-refractivity contribution in [1.29, 1.82) is 0 Å². The molecule has 0 heterocycles. The molecule has 0 saturated carbocycles. The number of aliphatic hydroxyl groups excluding tert-OH is 1. The molecule has 0 aromatic rings. The van der Waals surface area contributed by atoms with Crippen molar-refractivity contribution < 1.29 is 5.11 Å². The van der Waals surface area contributed by atoms with Crippen LogP contribution in [0, 0.1) is 5.92 Å². The van der Waals surface area contributed by atoms with Crippen LogP contribution >= 0.6 is 0 Å². The summed E-state index contributed by atoms with van der Waals surface area (Å²) in [4.78, 5) is 0. The summed E-state index contributed by atoms with van der Waals surface area (Å²) in [6.07, 6.45) is 42.8. The second kappa shape index (κ2) is 32.0. The zero-order chi connectivity index (χ0) is 25.5. The van der Waals surface area contributed by atoms with E-state index in [1.54, 1.807) is 0 Å². The quantitative estimate of drug-likeness (QED) is 0.0950. The average Bonchev–Trinajstić information content (AvgIpc) is 2.87. The zero-order valence-electron chi connectivity index (χ0n) is 24.9. The Morgan fingerprint density at radius 1 is 0.314 bits per heavy atom. The normalized spacial score (nSPS) is 12.4. The van der Waals surface area contributed by atoms with Gasteiger partial charge in [-0.1, -0.05) is 200 Å². The van der Waals surface area contributed by atoms with Crippen LogP contribution < -0.4 is 0 Å². The molecular weight excluding hydrogens is 424 g/mol. The summed E-state index contributed by atoms with van der Waals surface area (Å²) in [5, 5.41) is 9.16. The van der Waals surface area contributed by atoms with Crippen LogP contribution in [0.4, 0.5) is 0 Å². The summed E-state index contributed by atoms with van der Waals surface area (Å²) in [6, 6.07) is 0. The van der Waals surface area contributed by atoms with E-state index in [9.17, 15) is 0 Å². The molecule has 0 amide bonds. The van der Waals surface area contributed by atoms with E-state index in [-0.39, 0.29) is 0 Å². The Hall–Kier alpha value is -0.0400. The summed E-state index contributed by atoms with van der Waals surface area (Å²) < 4.78 is 0. The van der Waals surface area contributed by atoms with E-state index in [1.807, 2.05) is 0 Å². The Morgan fingerprint density at radius 2 is 0.543 bits per heavy atom. The maximum atomic E-state index is 9.16. The summed E-state index contributed by atoms with van der Waals surface area (Å²) in [7, 11) is 0. The van der Waals surface area contributed by atoms with Gasteiger partial charge in [0.25, 0.3) is 0 Å². The Bertz CT molecular complexity index is 352. The minimum atomic E-state index is 0.379. The highest BCUT2D eigenvalue weighted by molar-refractivity contribution is 4.62. The van der Waals surface area contributed by atoms with Gasteiger partial charge in [-0.05, 0) is 12.3 Å². The van der Waals surface area contributed by atoms with Gasteiger partial charge in [0.1, 0.15) is 0 Å². The van der Waals surface area contributed by atoms with Crippen molar-refractivity contribution in [2.24, 2.45) is 5.92 Å². The maximum absolute atomic E-state index is 9.16. The lowest BCUT2D eigenvalue weighted by atomic mass is 9.90. The molecule has 1 atom stereocenters. The largest absolute Gasteiger partial charge is 0.396 e. The molecule has 0 fully saturated rings. The first kappa shape index (κ1) is 35.0. The SMILES string of the molecule is CCCCCCCCCCCCCCCCC(CCCCO)CCCCCCCCCCCCC. The third-order valence-corrected chi connectivity index (χ3v) is 8.20. The Morgan fingerprint density at radius 3 is 0.800 bits per heavy atom. The molecule has 0 saturated heterocycles. The van der Waals surface area contributed by atoms with Gasteiger partial charge in [-0.2, -0.15) is 0 Å². The van der Waals surface area contributed by atoms with Crippen molar-refractivity contribution in [3.05, 3.63) is 0 Å². The highest BCUT2D eigenvalue weighted by Gasteiger charge is 2.08. The first-order chi connectivity index (χ1) is 17.3. The molecule has 0 aromatic carbocycles. The van der Waals surface area contributed by atoms with E-state index >= 15 is 0 Å². The molecule has 0 bridgehead atoms. The zero-order valence-corrected chi connectivity index (χ0v) is 24.9. The fourth-order valence-corrected chi connectivity index (χ4v) is 5.70. The molecule has 0 radical (unpaired) electrons. The third kappa shape index (κ3) is 30.1. The summed E-state index contributed by atoms with van der Waals surface area (Å²) >= 11 is 0. The van der Waals surface area contributed by atoms with Crippen LogP contribution in [0.15, 0.2) is 0 Å². The Labute approximate surface area is 224 Å². The monoisotopic (exact) mass is 495 g/mol. The lowest BCUT2D eigenvalue weighted by molar-refractivity contribution is 0.272. The van der Waals surface area contributed by atoms with Gasteiger partial charge in [0, 0.05) is 6.61 Å². The fraction of sp³-hybridized carbons (Fsp3) is 1.00. The molecule has 212 valence electrons. The van der Waals surface area contributed by atoms with Crippen molar-refractivity contribution >= 4 is 0 Å². The average molecular weight is 495 g/mol. The van der Waals surface area contributed by atoms with Gasteiger partial charge >= 0.3 is 0 Å².